The second-order valence-electron chi connectivity index (χ2n) is 3.62. The fraction of sp³-hybridized carbons (Fsp3) is 0.0833. The molecule has 0 radical (unpaired) electrons. The number of aromatic nitrogens is 1. The zero-order chi connectivity index (χ0) is 10.3. The Morgan fingerprint density at radius 1 is 1.20 bits per heavy atom. The molecule has 0 saturated carbocycles. The maximum Gasteiger partial charge on any atom is 0.124 e. The SMILES string of the molecule is Nc1ccc2ccc3c(c2n1)NCC=C3. The number of nitrogens with one attached hydrogen (secondary N) is 1. The van der Waals surface area contributed by atoms with Crippen molar-refractivity contribution in [2.24, 2.45) is 0 Å². The van der Waals surface area contributed by atoms with Gasteiger partial charge < -0.3 is 11.1 Å². The van der Waals surface area contributed by atoms with E-state index >= 15 is 0 Å². The standard InChI is InChI=1S/C12H11N3/c13-10-6-5-9-4-3-8-2-1-7-14-11(8)12(9)15-10/h1-6,14H,7H2,(H2,13,15). The van der Waals surface area contributed by atoms with E-state index in [4.69, 9.17) is 5.73 Å². The number of nitrogen functional groups attached to an aromatic ring is 1. The number of nitrogens with zero attached hydrogens (tertiary/aromatic N) is 1. The summed E-state index contributed by atoms with van der Waals surface area (Å²) in [5, 5.41) is 4.44. The largest absolute Gasteiger partial charge is 0.384 e. The van der Waals surface area contributed by atoms with E-state index in [0.717, 1.165) is 23.1 Å². The first-order valence-electron chi connectivity index (χ1n) is 4.94. The Kier molecular flexibility index (Phi) is 1.65. The molecular weight excluding hydrogens is 186 g/mol. The Balaban J connectivity index is 2.40. The van der Waals surface area contributed by atoms with E-state index in [1.54, 1.807) is 0 Å². The summed E-state index contributed by atoms with van der Waals surface area (Å²) in [5.74, 6) is 0.562. The van der Waals surface area contributed by atoms with Crippen molar-refractivity contribution in [3.63, 3.8) is 0 Å². The van der Waals surface area contributed by atoms with Crippen LogP contribution >= 0.6 is 0 Å². The molecule has 0 atom stereocenters. The molecule has 0 unspecified atom stereocenters. The minimum absolute atomic E-state index is 0.562. The van der Waals surface area contributed by atoms with Crippen LogP contribution in [0.25, 0.3) is 17.0 Å². The van der Waals surface area contributed by atoms with Crippen LogP contribution in [0.3, 0.4) is 0 Å². The third kappa shape index (κ3) is 1.24. The van der Waals surface area contributed by atoms with Crippen LogP contribution in [0.4, 0.5) is 11.5 Å². The van der Waals surface area contributed by atoms with Crippen LogP contribution in [0.15, 0.2) is 30.3 Å². The first kappa shape index (κ1) is 8.29. The Bertz CT molecular complexity index is 558. The summed E-state index contributed by atoms with van der Waals surface area (Å²) in [6, 6.07) is 7.99. The molecule has 1 aromatic heterocycles. The minimum atomic E-state index is 0.562. The van der Waals surface area contributed by atoms with E-state index < -0.39 is 0 Å². The molecule has 1 aliphatic rings. The molecule has 74 valence electrons. The molecule has 2 heterocycles. The summed E-state index contributed by atoms with van der Waals surface area (Å²) in [6.07, 6.45) is 4.20. The number of benzene rings is 1. The van der Waals surface area contributed by atoms with Gasteiger partial charge >= 0.3 is 0 Å². The van der Waals surface area contributed by atoms with Crippen LogP contribution < -0.4 is 11.1 Å². The van der Waals surface area contributed by atoms with E-state index in [2.05, 4.69) is 34.6 Å². The van der Waals surface area contributed by atoms with Crippen LogP contribution in [0.1, 0.15) is 5.56 Å². The molecule has 0 saturated heterocycles. The molecule has 0 amide bonds. The summed E-state index contributed by atoms with van der Waals surface area (Å²) < 4.78 is 0. The van der Waals surface area contributed by atoms with Crippen molar-refractivity contribution in [1.82, 2.24) is 4.98 Å². The van der Waals surface area contributed by atoms with Gasteiger partial charge in [-0.15, -0.1) is 0 Å². The predicted octanol–water partition coefficient (Wildman–Crippen LogP) is 2.26. The Morgan fingerprint density at radius 2 is 2.07 bits per heavy atom. The van der Waals surface area contributed by atoms with Gasteiger partial charge in [-0.1, -0.05) is 24.3 Å². The van der Waals surface area contributed by atoms with Gasteiger partial charge in [-0.05, 0) is 17.7 Å². The average Bonchev–Trinajstić information content (AvgIpc) is 2.29. The maximum atomic E-state index is 5.70. The smallest absolute Gasteiger partial charge is 0.124 e. The zero-order valence-electron chi connectivity index (χ0n) is 8.20. The molecule has 3 N–H and O–H groups in total. The summed E-state index contributed by atoms with van der Waals surface area (Å²) in [4.78, 5) is 4.37. The first-order chi connectivity index (χ1) is 7.34. The molecule has 3 nitrogen and oxygen atoms in total. The van der Waals surface area contributed by atoms with Crippen molar-refractivity contribution in [2.45, 2.75) is 0 Å². The van der Waals surface area contributed by atoms with Gasteiger partial charge in [0.2, 0.25) is 0 Å². The van der Waals surface area contributed by atoms with Crippen molar-refractivity contribution in [2.75, 3.05) is 17.6 Å². The van der Waals surface area contributed by atoms with E-state index in [1.807, 2.05) is 12.1 Å². The van der Waals surface area contributed by atoms with Crippen molar-refractivity contribution >= 4 is 28.5 Å². The number of nitrogens with two attached hydrogens (primary N) is 1. The molecule has 3 heteroatoms. The van der Waals surface area contributed by atoms with Gasteiger partial charge in [-0.25, -0.2) is 4.98 Å². The number of fused-ring (bicyclic) bond motifs is 3. The van der Waals surface area contributed by atoms with Gasteiger partial charge in [0.1, 0.15) is 5.82 Å². The summed E-state index contributed by atoms with van der Waals surface area (Å²) in [7, 11) is 0. The molecular formula is C12H11N3. The van der Waals surface area contributed by atoms with E-state index in [-0.39, 0.29) is 0 Å². The number of pyridine rings is 1. The monoisotopic (exact) mass is 197 g/mol. The lowest BCUT2D eigenvalue weighted by molar-refractivity contribution is 1.30. The van der Waals surface area contributed by atoms with Crippen molar-refractivity contribution in [3.05, 3.63) is 35.9 Å². The number of hydrogen-bond acceptors (Lipinski definition) is 3. The van der Waals surface area contributed by atoms with Crippen molar-refractivity contribution in [3.8, 4) is 0 Å². The van der Waals surface area contributed by atoms with Crippen LogP contribution in [0.5, 0.6) is 0 Å². The summed E-state index contributed by atoms with van der Waals surface area (Å²) >= 11 is 0. The lowest BCUT2D eigenvalue weighted by Gasteiger charge is -2.15. The molecule has 0 bridgehead atoms. The third-order valence-electron chi connectivity index (χ3n) is 2.61. The topological polar surface area (TPSA) is 50.9 Å². The fourth-order valence-corrected chi connectivity index (χ4v) is 1.89. The second kappa shape index (κ2) is 2.98. The van der Waals surface area contributed by atoms with Crippen LogP contribution in [0.2, 0.25) is 0 Å². The highest BCUT2D eigenvalue weighted by Gasteiger charge is 2.09. The van der Waals surface area contributed by atoms with Crippen LogP contribution in [0, 0.1) is 0 Å². The van der Waals surface area contributed by atoms with Crippen LogP contribution in [-0.2, 0) is 0 Å². The van der Waals surface area contributed by atoms with E-state index in [0.29, 0.717) is 5.82 Å². The molecule has 1 aromatic carbocycles. The van der Waals surface area contributed by atoms with Crippen molar-refractivity contribution < 1.29 is 0 Å². The Hall–Kier alpha value is -2.03. The lowest BCUT2D eigenvalue weighted by atomic mass is 10.1. The van der Waals surface area contributed by atoms with Crippen molar-refractivity contribution in [1.29, 1.82) is 0 Å². The van der Waals surface area contributed by atoms with Gasteiger partial charge in [-0.2, -0.15) is 0 Å². The van der Waals surface area contributed by atoms with Gasteiger partial charge in [0.05, 0.1) is 11.2 Å². The van der Waals surface area contributed by atoms with Gasteiger partial charge in [0.15, 0.2) is 0 Å². The van der Waals surface area contributed by atoms with Crippen LogP contribution in [-0.4, -0.2) is 11.5 Å². The minimum Gasteiger partial charge on any atom is -0.384 e. The highest BCUT2D eigenvalue weighted by Crippen LogP contribution is 2.29. The molecule has 0 aliphatic carbocycles. The number of anilines is 2. The zero-order valence-corrected chi connectivity index (χ0v) is 8.20. The normalized spacial score (nSPS) is 13.6. The summed E-state index contributed by atoms with van der Waals surface area (Å²) in [6.45, 7) is 0.850. The molecule has 0 fully saturated rings. The molecule has 3 rings (SSSR count). The molecule has 0 spiro atoms. The highest BCUT2D eigenvalue weighted by molar-refractivity contribution is 5.96. The molecule has 2 aromatic rings. The maximum absolute atomic E-state index is 5.70. The average molecular weight is 197 g/mol. The lowest BCUT2D eigenvalue weighted by Crippen LogP contribution is -2.06. The predicted molar refractivity (Wildman–Crippen MR) is 63.7 cm³/mol. The van der Waals surface area contributed by atoms with E-state index in [1.165, 1.54) is 5.56 Å². The number of hydrogen-bond donors (Lipinski definition) is 2. The Labute approximate surface area is 87.6 Å². The first-order valence-corrected chi connectivity index (χ1v) is 4.94. The highest BCUT2D eigenvalue weighted by atomic mass is 14.9. The third-order valence-corrected chi connectivity index (χ3v) is 2.61. The number of rotatable bonds is 0. The second-order valence-corrected chi connectivity index (χ2v) is 3.62. The summed E-state index contributed by atoms with van der Waals surface area (Å²) in [5.41, 5.74) is 8.91. The van der Waals surface area contributed by atoms with E-state index in [9.17, 15) is 0 Å². The van der Waals surface area contributed by atoms with Gasteiger partial charge in [0.25, 0.3) is 0 Å². The molecule has 1 aliphatic heterocycles. The Morgan fingerprint density at radius 3 is 3.00 bits per heavy atom. The quantitative estimate of drug-likeness (QED) is 0.681. The van der Waals surface area contributed by atoms with Gasteiger partial charge in [-0.3, -0.25) is 0 Å². The molecule has 15 heavy (non-hydrogen) atoms. The van der Waals surface area contributed by atoms with Gasteiger partial charge in [0, 0.05) is 11.9 Å². The fourth-order valence-electron chi connectivity index (χ4n) is 1.89.